The molecule has 0 saturated heterocycles. The molecule has 0 saturated carbocycles. The first-order chi connectivity index (χ1) is 10.0. The molecule has 0 aliphatic carbocycles. The van der Waals surface area contributed by atoms with Crippen molar-refractivity contribution in [2.24, 2.45) is 0 Å². The predicted octanol–water partition coefficient (Wildman–Crippen LogP) is 3.22. The molecule has 0 aliphatic heterocycles. The largest absolute Gasteiger partial charge is 0.478 e. The summed E-state index contributed by atoms with van der Waals surface area (Å²) in [6, 6.07) is 13.1. The van der Waals surface area contributed by atoms with Gasteiger partial charge in [0, 0.05) is 4.90 Å². The second-order valence-corrected chi connectivity index (χ2v) is 6.10. The van der Waals surface area contributed by atoms with E-state index in [1.807, 2.05) is 6.07 Å². The molecule has 0 radical (unpaired) electrons. The van der Waals surface area contributed by atoms with Gasteiger partial charge in [0.05, 0.1) is 38.8 Å². The summed E-state index contributed by atoms with van der Waals surface area (Å²) in [4.78, 5) is 11.4. The van der Waals surface area contributed by atoms with E-state index in [-0.39, 0.29) is 16.3 Å². The molecule has 1 N–H and O–H groups in total. The number of nitriles is 1. The number of halogens is 1. The van der Waals surface area contributed by atoms with E-state index in [0.717, 1.165) is 5.56 Å². The van der Waals surface area contributed by atoms with Gasteiger partial charge in [0.25, 0.3) is 0 Å². The van der Waals surface area contributed by atoms with Crippen LogP contribution in [0.1, 0.15) is 21.5 Å². The smallest absolute Gasteiger partial charge is 0.337 e. The average molecular weight is 320 g/mol. The van der Waals surface area contributed by atoms with Crippen LogP contribution in [0.2, 0.25) is 5.02 Å². The lowest BCUT2D eigenvalue weighted by Gasteiger charge is -2.05. The molecular formula is C15H10ClNO3S. The van der Waals surface area contributed by atoms with Gasteiger partial charge in [0.2, 0.25) is 0 Å². The summed E-state index contributed by atoms with van der Waals surface area (Å²) < 4.78 is 12.3. The Morgan fingerprint density at radius 2 is 1.90 bits per heavy atom. The minimum Gasteiger partial charge on any atom is -0.478 e. The van der Waals surface area contributed by atoms with Crippen LogP contribution in [0, 0.1) is 11.3 Å². The minimum absolute atomic E-state index is 0.0673. The zero-order chi connectivity index (χ0) is 15.4. The van der Waals surface area contributed by atoms with E-state index in [1.54, 1.807) is 30.3 Å². The number of carboxylic acid groups (broad SMARTS) is 1. The molecule has 1 atom stereocenters. The van der Waals surface area contributed by atoms with Gasteiger partial charge in [-0.25, -0.2) is 4.79 Å². The maximum absolute atomic E-state index is 12.3. The van der Waals surface area contributed by atoms with Crippen LogP contribution in [0.5, 0.6) is 0 Å². The normalized spacial score (nSPS) is 11.6. The fourth-order valence-electron chi connectivity index (χ4n) is 1.72. The monoisotopic (exact) mass is 319 g/mol. The van der Waals surface area contributed by atoms with Crippen molar-refractivity contribution >= 4 is 28.4 Å². The fourth-order valence-corrected chi connectivity index (χ4v) is 3.05. The second kappa shape index (κ2) is 6.53. The van der Waals surface area contributed by atoms with E-state index in [4.69, 9.17) is 22.0 Å². The third kappa shape index (κ3) is 3.69. The number of hydrogen-bond acceptors (Lipinski definition) is 3. The maximum Gasteiger partial charge on any atom is 0.337 e. The van der Waals surface area contributed by atoms with Crippen LogP contribution in [0.25, 0.3) is 0 Å². The number of rotatable bonds is 4. The molecule has 0 aromatic heterocycles. The highest BCUT2D eigenvalue weighted by Crippen LogP contribution is 2.21. The van der Waals surface area contributed by atoms with Crippen LogP contribution in [-0.4, -0.2) is 15.3 Å². The number of carboxylic acids is 1. The topological polar surface area (TPSA) is 78.2 Å². The van der Waals surface area contributed by atoms with Gasteiger partial charge in [-0.2, -0.15) is 5.26 Å². The van der Waals surface area contributed by atoms with Crippen molar-refractivity contribution < 1.29 is 14.1 Å². The Hall–Kier alpha value is -2.16. The van der Waals surface area contributed by atoms with Gasteiger partial charge < -0.3 is 5.11 Å². The van der Waals surface area contributed by atoms with Gasteiger partial charge >= 0.3 is 5.97 Å². The Morgan fingerprint density at radius 3 is 2.48 bits per heavy atom. The summed E-state index contributed by atoms with van der Waals surface area (Å²) in [5.74, 6) is -0.913. The quantitative estimate of drug-likeness (QED) is 0.938. The molecule has 4 nitrogen and oxygen atoms in total. The molecular weight excluding hydrogens is 310 g/mol. The van der Waals surface area contributed by atoms with Gasteiger partial charge in [0.15, 0.2) is 0 Å². The van der Waals surface area contributed by atoms with Crippen molar-refractivity contribution in [3.63, 3.8) is 0 Å². The highest BCUT2D eigenvalue weighted by atomic mass is 35.5. The molecule has 106 valence electrons. The van der Waals surface area contributed by atoms with Crippen LogP contribution in [0.15, 0.2) is 47.4 Å². The van der Waals surface area contributed by atoms with Crippen LogP contribution in [0.3, 0.4) is 0 Å². The number of benzene rings is 2. The first-order valence-electron chi connectivity index (χ1n) is 5.91. The lowest BCUT2D eigenvalue weighted by Crippen LogP contribution is -2.02. The van der Waals surface area contributed by atoms with Gasteiger partial charge in [-0.15, -0.1) is 0 Å². The van der Waals surface area contributed by atoms with E-state index in [9.17, 15) is 9.00 Å². The molecule has 0 fully saturated rings. The molecule has 0 spiro atoms. The van der Waals surface area contributed by atoms with E-state index < -0.39 is 16.8 Å². The van der Waals surface area contributed by atoms with Crippen molar-refractivity contribution in [2.75, 3.05) is 0 Å². The summed E-state index contributed by atoms with van der Waals surface area (Å²) in [6.45, 7) is 0. The fraction of sp³-hybridized carbons (Fsp3) is 0.0667. The molecule has 6 heteroatoms. The Morgan fingerprint density at radius 1 is 1.24 bits per heavy atom. The standard InChI is InChI=1S/C15H10ClNO3S/c16-14-6-5-12(7-13(14)15(18)19)21(20)9-11-3-1-10(8-17)2-4-11/h1-7H,9H2,(H,18,19). The number of nitrogens with zero attached hydrogens (tertiary/aromatic N) is 1. The van der Waals surface area contributed by atoms with Gasteiger partial charge in [0.1, 0.15) is 0 Å². The first kappa shape index (κ1) is 15.2. The molecule has 0 amide bonds. The number of hydrogen-bond donors (Lipinski definition) is 1. The zero-order valence-electron chi connectivity index (χ0n) is 10.7. The van der Waals surface area contributed by atoms with E-state index >= 15 is 0 Å². The lowest BCUT2D eigenvalue weighted by atomic mass is 10.2. The third-order valence-corrected chi connectivity index (χ3v) is 4.52. The maximum atomic E-state index is 12.3. The summed E-state index contributed by atoms with van der Waals surface area (Å²) in [6.07, 6.45) is 0. The highest BCUT2D eigenvalue weighted by Gasteiger charge is 2.13. The summed E-state index contributed by atoms with van der Waals surface area (Å²) in [5, 5.41) is 17.8. The van der Waals surface area contributed by atoms with Crippen LogP contribution < -0.4 is 0 Å². The second-order valence-electron chi connectivity index (χ2n) is 4.25. The molecule has 1 unspecified atom stereocenters. The predicted molar refractivity (Wildman–Crippen MR) is 79.7 cm³/mol. The van der Waals surface area contributed by atoms with Gasteiger partial charge in [-0.05, 0) is 35.9 Å². The Bertz CT molecular complexity index is 751. The Labute approximate surface area is 129 Å². The van der Waals surface area contributed by atoms with Crippen LogP contribution >= 0.6 is 11.6 Å². The average Bonchev–Trinajstić information content (AvgIpc) is 2.48. The minimum atomic E-state index is -1.38. The molecule has 0 heterocycles. The molecule has 0 aliphatic rings. The lowest BCUT2D eigenvalue weighted by molar-refractivity contribution is 0.0697. The summed E-state index contributed by atoms with van der Waals surface area (Å²) in [5.41, 5.74) is 1.27. The number of carbonyl (C=O) groups is 1. The van der Waals surface area contributed by atoms with Crippen molar-refractivity contribution in [2.45, 2.75) is 10.6 Å². The van der Waals surface area contributed by atoms with Crippen molar-refractivity contribution in [3.05, 3.63) is 64.2 Å². The van der Waals surface area contributed by atoms with Crippen molar-refractivity contribution in [1.82, 2.24) is 0 Å². The summed E-state index contributed by atoms with van der Waals surface area (Å²) >= 11 is 5.78. The zero-order valence-corrected chi connectivity index (χ0v) is 12.3. The third-order valence-electron chi connectivity index (χ3n) is 2.81. The summed E-state index contributed by atoms with van der Waals surface area (Å²) in [7, 11) is -1.38. The van der Waals surface area contributed by atoms with Gasteiger partial charge in [-0.3, -0.25) is 4.21 Å². The van der Waals surface area contributed by atoms with Crippen molar-refractivity contribution in [3.8, 4) is 6.07 Å². The molecule has 2 aromatic carbocycles. The van der Waals surface area contributed by atoms with Crippen molar-refractivity contribution in [1.29, 1.82) is 5.26 Å². The molecule has 2 aromatic rings. The van der Waals surface area contributed by atoms with Crippen LogP contribution in [-0.2, 0) is 16.6 Å². The highest BCUT2D eigenvalue weighted by molar-refractivity contribution is 7.84. The van der Waals surface area contributed by atoms with E-state index in [1.165, 1.54) is 12.1 Å². The Kier molecular flexibility index (Phi) is 4.73. The molecule has 2 rings (SSSR count). The van der Waals surface area contributed by atoms with E-state index in [0.29, 0.717) is 10.5 Å². The van der Waals surface area contributed by atoms with E-state index in [2.05, 4.69) is 0 Å². The SMILES string of the molecule is N#Cc1ccc(CS(=O)c2ccc(Cl)c(C(=O)O)c2)cc1. The number of aromatic carboxylic acids is 1. The Balaban J connectivity index is 2.22. The molecule has 21 heavy (non-hydrogen) atoms. The van der Waals surface area contributed by atoms with Crippen LogP contribution in [0.4, 0.5) is 0 Å². The van der Waals surface area contributed by atoms with Gasteiger partial charge in [-0.1, -0.05) is 23.7 Å². The molecule has 0 bridgehead atoms. The first-order valence-corrected chi connectivity index (χ1v) is 7.61.